The van der Waals surface area contributed by atoms with Gasteiger partial charge in [-0.3, -0.25) is 9.69 Å². The van der Waals surface area contributed by atoms with Crippen LogP contribution in [0.4, 0.5) is 18.0 Å². The number of carbonyl (C=O) groups is 2. The fraction of sp³-hybridized carbons (Fsp3) is 0.600. The fourth-order valence-corrected chi connectivity index (χ4v) is 5.22. The zero-order valence-corrected chi connectivity index (χ0v) is 19.1. The zero-order chi connectivity index (χ0) is 24.2. The van der Waals surface area contributed by atoms with E-state index in [2.05, 4.69) is 0 Å². The van der Waals surface area contributed by atoms with Crippen LogP contribution in [0.25, 0.3) is 0 Å². The first-order valence-corrected chi connectivity index (χ1v) is 12.1. The molecule has 2 fully saturated rings. The van der Waals surface area contributed by atoms with Crippen LogP contribution in [0.15, 0.2) is 29.2 Å². The van der Waals surface area contributed by atoms with Crippen LogP contribution >= 0.6 is 0 Å². The molecule has 0 saturated carbocycles. The number of piperazine rings is 2. The van der Waals surface area contributed by atoms with E-state index in [-0.39, 0.29) is 45.2 Å². The standard InChI is InChI=1S/C20H27F3N4O5S/c1-2-32-19(29)26-10-8-25(9-11-26)18(28)15-24-6-12-27(13-7-24)33(30,31)17-5-3-4-16(14-17)20(21,22)23/h3-5,14H,2,6-13,15H2,1H3. The molecule has 2 aliphatic rings. The van der Waals surface area contributed by atoms with Crippen LogP contribution in [-0.4, -0.2) is 105 Å². The highest BCUT2D eigenvalue weighted by Crippen LogP contribution is 2.31. The Balaban J connectivity index is 1.51. The molecule has 0 N–H and O–H groups in total. The Morgan fingerprint density at radius 2 is 1.58 bits per heavy atom. The largest absolute Gasteiger partial charge is 0.450 e. The molecule has 0 bridgehead atoms. The molecule has 33 heavy (non-hydrogen) atoms. The zero-order valence-electron chi connectivity index (χ0n) is 18.3. The van der Waals surface area contributed by atoms with E-state index in [0.29, 0.717) is 32.2 Å². The van der Waals surface area contributed by atoms with Crippen molar-refractivity contribution < 1.29 is 35.9 Å². The van der Waals surface area contributed by atoms with Crippen molar-refractivity contribution in [2.24, 2.45) is 0 Å². The van der Waals surface area contributed by atoms with Gasteiger partial charge in [0.15, 0.2) is 0 Å². The highest BCUT2D eigenvalue weighted by Gasteiger charge is 2.34. The van der Waals surface area contributed by atoms with E-state index in [1.165, 1.54) is 0 Å². The molecule has 2 aliphatic heterocycles. The summed E-state index contributed by atoms with van der Waals surface area (Å²) in [5.74, 6) is -0.118. The van der Waals surface area contributed by atoms with Crippen LogP contribution in [0.2, 0.25) is 0 Å². The number of hydrogen-bond acceptors (Lipinski definition) is 6. The average Bonchev–Trinajstić information content (AvgIpc) is 2.79. The molecule has 0 spiro atoms. The summed E-state index contributed by atoms with van der Waals surface area (Å²) >= 11 is 0. The Morgan fingerprint density at radius 3 is 2.15 bits per heavy atom. The Bertz CT molecular complexity index is 957. The number of halogens is 3. The van der Waals surface area contributed by atoms with E-state index < -0.39 is 32.8 Å². The number of sulfonamides is 1. The molecule has 184 valence electrons. The van der Waals surface area contributed by atoms with Gasteiger partial charge in [0.1, 0.15) is 0 Å². The SMILES string of the molecule is CCOC(=O)N1CCN(C(=O)CN2CCN(S(=O)(=O)c3cccc(C(F)(F)F)c3)CC2)CC1. The predicted octanol–water partition coefficient (Wildman–Crippen LogP) is 1.31. The van der Waals surface area contributed by atoms with Gasteiger partial charge in [-0.1, -0.05) is 6.07 Å². The molecule has 1 aromatic rings. The van der Waals surface area contributed by atoms with Crippen LogP contribution < -0.4 is 0 Å². The molecule has 0 aliphatic carbocycles. The third-order valence-corrected chi connectivity index (χ3v) is 7.54. The summed E-state index contributed by atoms with van der Waals surface area (Å²) in [7, 11) is -4.07. The lowest BCUT2D eigenvalue weighted by atomic mass is 10.2. The quantitative estimate of drug-likeness (QED) is 0.616. The number of rotatable bonds is 5. The van der Waals surface area contributed by atoms with E-state index in [4.69, 9.17) is 4.74 Å². The van der Waals surface area contributed by atoms with Crippen molar-refractivity contribution in [3.8, 4) is 0 Å². The molecule has 3 rings (SSSR count). The van der Waals surface area contributed by atoms with Crippen molar-refractivity contribution in [3.63, 3.8) is 0 Å². The highest BCUT2D eigenvalue weighted by molar-refractivity contribution is 7.89. The van der Waals surface area contributed by atoms with Crippen molar-refractivity contribution in [1.29, 1.82) is 0 Å². The summed E-state index contributed by atoms with van der Waals surface area (Å²) in [5, 5.41) is 0. The average molecular weight is 493 g/mol. The van der Waals surface area contributed by atoms with Gasteiger partial charge in [-0.25, -0.2) is 13.2 Å². The highest BCUT2D eigenvalue weighted by atomic mass is 32.2. The summed E-state index contributed by atoms with van der Waals surface area (Å²) in [6, 6.07) is 3.69. The normalized spacial score (nSPS) is 18.9. The van der Waals surface area contributed by atoms with Gasteiger partial charge in [0.2, 0.25) is 15.9 Å². The fourth-order valence-electron chi connectivity index (χ4n) is 3.75. The summed E-state index contributed by atoms with van der Waals surface area (Å²) in [4.78, 5) is 29.0. The second-order valence-electron chi connectivity index (χ2n) is 7.77. The van der Waals surface area contributed by atoms with Gasteiger partial charge in [-0.05, 0) is 25.1 Å². The Hall–Kier alpha value is -2.38. The Kier molecular flexibility index (Phi) is 7.85. The maximum Gasteiger partial charge on any atom is 0.416 e. The molecular weight excluding hydrogens is 465 g/mol. The lowest BCUT2D eigenvalue weighted by molar-refractivity contribution is -0.137. The molecule has 0 unspecified atom stereocenters. The second kappa shape index (κ2) is 10.3. The molecule has 13 heteroatoms. The van der Waals surface area contributed by atoms with E-state index in [0.717, 1.165) is 22.5 Å². The summed E-state index contributed by atoms with van der Waals surface area (Å²) in [6.07, 6.45) is -5.03. The predicted molar refractivity (Wildman–Crippen MR) is 112 cm³/mol. The van der Waals surface area contributed by atoms with Crippen LogP contribution in [0.1, 0.15) is 12.5 Å². The van der Waals surface area contributed by atoms with E-state index >= 15 is 0 Å². The molecule has 2 heterocycles. The van der Waals surface area contributed by atoms with Gasteiger partial charge in [-0.2, -0.15) is 17.5 Å². The number of carbonyl (C=O) groups excluding carboxylic acids is 2. The maximum absolute atomic E-state index is 12.9. The molecule has 1 aromatic carbocycles. The third-order valence-electron chi connectivity index (χ3n) is 5.65. The molecule has 0 aromatic heterocycles. The van der Waals surface area contributed by atoms with Crippen molar-refractivity contribution in [2.75, 3.05) is 65.5 Å². The topological polar surface area (TPSA) is 90.5 Å². The first-order chi connectivity index (χ1) is 15.5. The lowest BCUT2D eigenvalue weighted by Gasteiger charge is -2.37. The second-order valence-corrected chi connectivity index (χ2v) is 9.71. The summed E-state index contributed by atoms with van der Waals surface area (Å²) in [5.41, 5.74) is -1.02. The number of hydrogen-bond donors (Lipinski definition) is 0. The van der Waals surface area contributed by atoms with Crippen LogP contribution in [0.5, 0.6) is 0 Å². The van der Waals surface area contributed by atoms with Gasteiger partial charge in [-0.15, -0.1) is 0 Å². The minimum Gasteiger partial charge on any atom is -0.450 e. The summed E-state index contributed by atoms with van der Waals surface area (Å²) < 4.78 is 70.5. The maximum atomic E-state index is 12.9. The molecular formula is C20H27F3N4O5S. The molecule has 0 radical (unpaired) electrons. The minimum atomic E-state index is -4.63. The Labute approximate surface area is 190 Å². The molecule has 2 saturated heterocycles. The van der Waals surface area contributed by atoms with E-state index in [1.807, 2.05) is 4.90 Å². The first-order valence-electron chi connectivity index (χ1n) is 10.6. The van der Waals surface area contributed by atoms with Crippen molar-refractivity contribution >= 4 is 22.0 Å². The van der Waals surface area contributed by atoms with Crippen LogP contribution in [0.3, 0.4) is 0 Å². The van der Waals surface area contributed by atoms with E-state index in [9.17, 15) is 31.2 Å². The molecule has 9 nitrogen and oxygen atoms in total. The van der Waals surface area contributed by atoms with Gasteiger partial charge in [0, 0.05) is 52.4 Å². The number of ether oxygens (including phenoxy) is 1. The van der Waals surface area contributed by atoms with Crippen LogP contribution in [0, 0.1) is 0 Å². The van der Waals surface area contributed by atoms with Gasteiger partial charge in [0.25, 0.3) is 0 Å². The first kappa shape index (κ1) is 25.2. The molecule has 0 atom stereocenters. The van der Waals surface area contributed by atoms with E-state index in [1.54, 1.807) is 16.7 Å². The Morgan fingerprint density at radius 1 is 0.970 bits per heavy atom. The van der Waals surface area contributed by atoms with Gasteiger partial charge in [0.05, 0.1) is 23.6 Å². The smallest absolute Gasteiger partial charge is 0.416 e. The summed E-state index contributed by atoms with van der Waals surface area (Å²) in [6.45, 7) is 4.38. The lowest BCUT2D eigenvalue weighted by Crippen LogP contribution is -2.55. The molecule has 2 amide bonds. The number of nitrogens with zero attached hydrogens (tertiary/aromatic N) is 4. The van der Waals surface area contributed by atoms with Gasteiger partial charge >= 0.3 is 12.3 Å². The van der Waals surface area contributed by atoms with Crippen molar-refractivity contribution in [3.05, 3.63) is 29.8 Å². The number of benzene rings is 1. The number of alkyl halides is 3. The van der Waals surface area contributed by atoms with Crippen LogP contribution in [-0.2, 0) is 25.7 Å². The van der Waals surface area contributed by atoms with Crippen molar-refractivity contribution in [2.45, 2.75) is 18.0 Å². The monoisotopic (exact) mass is 492 g/mol. The number of amides is 2. The van der Waals surface area contributed by atoms with Crippen molar-refractivity contribution in [1.82, 2.24) is 19.0 Å². The third kappa shape index (κ3) is 6.15. The minimum absolute atomic E-state index is 0.0719. The van der Waals surface area contributed by atoms with Gasteiger partial charge < -0.3 is 14.5 Å².